The van der Waals surface area contributed by atoms with E-state index in [-0.39, 0.29) is 5.75 Å². The zero-order valence-electron chi connectivity index (χ0n) is 21.2. The number of hydrogen-bond donors (Lipinski definition) is 0. The first kappa shape index (κ1) is 28.2. The molecule has 1 aromatic rings. The normalized spacial score (nSPS) is 26.0. The van der Waals surface area contributed by atoms with Crippen molar-refractivity contribution in [1.82, 2.24) is 0 Å². The number of alkyl halides is 5. The molecule has 35 heavy (non-hydrogen) atoms. The van der Waals surface area contributed by atoms with Crippen LogP contribution in [0.1, 0.15) is 102 Å². The third kappa shape index (κ3) is 8.93. The lowest BCUT2D eigenvalue weighted by Crippen LogP contribution is -2.41. The summed E-state index contributed by atoms with van der Waals surface area (Å²) in [5.74, 6) is -1.29. The molecule has 2 aliphatic carbocycles. The highest BCUT2D eigenvalue weighted by atomic mass is 19.4. The summed E-state index contributed by atoms with van der Waals surface area (Å²) in [6, 6.07) is 6.51. The van der Waals surface area contributed by atoms with Gasteiger partial charge in [0, 0.05) is 0 Å². The molecule has 2 fully saturated rings. The molecule has 3 rings (SSSR count). The van der Waals surface area contributed by atoms with Crippen LogP contribution in [0.2, 0.25) is 0 Å². The lowest BCUT2D eigenvalue weighted by atomic mass is 9.68. The van der Waals surface area contributed by atoms with Crippen LogP contribution in [0.15, 0.2) is 24.3 Å². The zero-order chi connectivity index (χ0) is 25.3. The molecular formula is C29H43F5O. The lowest BCUT2D eigenvalue weighted by Gasteiger charge is -2.38. The number of benzene rings is 1. The molecule has 1 aromatic carbocycles. The van der Waals surface area contributed by atoms with E-state index < -0.39 is 18.7 Å². The second-order valence-electron chi connectivity index (χ2n) is 11.1. The fourth-order valence-electron chi connectivity index (χ4n) is 6.14. The van der Waals surface area contributed by atoms with Crippen molar-refractivity contribution >= 4 is 0 Å². The first-order chi connectivity index (χ1) is 16.7. The summed E-state index contributed by atoms with van der Waals surface area (Å²) in [5, 5.41) is 0. The molecule has 0 bridgehead atoms. The van der Waals surface area contributed by atoms with Gasteiger partial charge in [0.1, 0.15) is 5.75 Å². The minimum atomic E-state index is -5.60. The highest BCUT2D eigenvalue weighted by Crippen LogP contribution is 2.43. The van der Waals surface area contributed by atoms with E-state index in [0.29, 0.717) is 0 Å². The van der Waals surface area contributed by atoms with Gasteiger partial charge in [-0.25, -0.2) is 0 Å². The SMILES string of the molecule is CCCCCCC1CCC(C2CCC(CCc3ccc(OCC(F)(F)C(F)(F)F)cc3)CC2)CC1. The maximum absolute atomic E-state index is 13.0. The standard InChI is InChI=1S/C29H43F5O/c1-2-3-4-5-6-22-9-15-25(16-10-22)26-17-11-23(12-18-26)7-8-24-13-19-27(20-14-24)35-21-28(30,31)29(32,33)34/h13-14,19-20,22-23,25-26H,2-12,15-18,21H2,1H3. The quantitative estimate of drug-likeness (QED) is 0.204. The number of aryl methyl sites for hydroxylation is 1. The molecule has 0 heterocycles. The van der Waals surface area contributed by atoms with Crippen molar-refractivity contribution < 1.29 is 26.7 Å². The smallest absolute Gasteiger partial charge is 0.456 e. The van der Waals surface area contributed by atoms with Crippen LogP contribution in [0.5, 0.6) is 5.75 Å². The molecule has 0 atom stereocenters. The minimum Gasteiger partial charge on any atom is -0.487 e. The van der Waals surface area contributed by atoms with Crippen LogP contribution in [0.3, 0.4) is 0 Å². The minimum absolute atomic E-state index is 0.0360. The Bertz CT molecular complexity index is 714. The predicted octanol–water partition coefficient (Wildman–Crippen LogP) is 9.78. The topological polar surface area (TPSA) is 9.23 Å². The van der Waals surface area contributed by atoms with E-state index in [4.69, 9.17) is 0 Å². The predicted molar refractivity (Wildman–Crippen MR) is 131 cm³/mol. The molecule has 1 nitrogen and oxygen atoms in total. The third-order valence-electron chi connectivity index (χ3n) is 8.51. The monoisotopic (exact) mass is 502 g/mol. The van der Waals surface area contributed by atoms with Gasteiger partial charge in [-0.2, -0.15) is 22.0 Å². The number of rotatable bonds is 12. The fourth-order valence-corrected chi connectivity index (χ4v) is 6.14. The molecule has 6 heteroatoms. The van der Waals surface area contributed by atoms with Crippen molar-refractivity contribution in [1.29, 1.82) is 0 Å². The number of halogens is 5. The van der Waals surface area contributed by atoms with E-state index in [0.717, 1.165) is 42.1 Å². The molecule has 0 unspecified atom stereocenters. The number of ether oxygens (including phenoxy) is 1. The molecule has 0 aliphatic heterocycles. The average molecular weight is 503 g/mol. The lowest BCUT2D eigenvalue weighted by molar-refractivity contribution is -0.290. The molecule has 200 valence electrons. The van der Waals surface area contributed by atoms with Crippen molar-refractivity contribution in [2.75, 3.05) is 6.61 Å². The summed E-state index contributed by atoms with van der Waals surface area (Å²) >= 11 is 0. The van der Waals surface area contributed by atoms with E-state index in [2.05, 4.69) is 11.7 Å². The number of unbranched alkanes of at least 4 members (excludes halogenated alkanes) is 3. The van der Waals surface area contributed by atoms with Crippen LogP contribution in [0.4, 0.5) is 22.0 Å². The van der Waals surface area contributed by atoms with E-state index in [1.807, 2.05) is 0 Å². The van der Waals surface area contributed by atoms with Crippen LogP contribution in [0.25, 0.3) is 0 Å². The molecule has 0 spiro atoms. The summed E-state index contributed by atoms with van der Waals surface area (Å²) in [7, 11) is 0. The summed E-state index contributed by atoms with van der Waals surface area (Å²) in [6.07, 6.45) is 14.3. The number of hydrogen-bond acceptors (Lipinski definition) is 1. The van der Waals surface area contributed by atoms with Gasteiger partial charge < -0.3 is 4.74 Å². The molecule has 2 aliphatic rings. The Morgan fingerprint density at radius 2 is 1.26 bits per heavy atom. The summed E-state index contributed by atoms with van der Waals surface area (Å²) < 4.78 is 67.5. The average Bonchev–Trinajstić information content (AvgIpc) is 2.85. The Balaban J connectivity index is 1.31. The van der Waals surface area contributed by atoms with E-state index in [1.54, 1.807) is 12.1 Å². The van der Waals surface area contributed by atoms with Crippen LogP contribution in [-0.2, 0) is 6.42 Å². The molecule has 0 N–H and O–H groups in total. The summed E-state index contributed by atoms with van der Waals surface area (Å²) in [6.45, 7) is 0.578. The Morgan fingerprint density at radius 3 is 1.77 bits per heavy atom. The summed E-state index contributed by atoms with van der Waals surface area (Å²) in [4.78, 5) is 0. The Kier molecular flexibility index (Phi) is 10.7. The first-order valence-electron chi connectivity index (χ1n) is 13.8. The first-order valence-corrected chi connectivity index (χ1v) is 13.8. The Labute approximate surface area is 208 Å². The van der Waals surface area contributed by atoms with E-state index >= 15 is 0 Å². The Hall–Kier alpha value is -1.33. The highest BCUT2D eigenvalue weighted by Gasteiger charge is 2.58. The van der Waals surface area contributed by atoms with Gasteiger partial charge in [0.2, 0.25) is 0 Å². The van der Waals surface area contributed by atoms with E-state index in [9.17, 15) is 22.0 Å². The van der Waals surface area contributed by atoms with Crippen molar-refractivity contribution in [3.05, 3.63) is 29.8 Å². The Morgan fingerprint density at radius 1 is 0.714 bits per heavy atom. The molecule has 0 amide bonds. The molecule has 0 aromatic heterocycles. The van der Waals surface area contributed by atoms with Crippen LogP contribution in [-0.4, -0.2) is 18.7 Å². The van der Waals surface area contributed by atoms with Gasteiger partial charge >= 0.3 is 12.1 Å². The second-order valence-corrected chi connectivity index (χ2v) is 11.1. The van der Waals surface area contributed by atoms with Gasteiger partial charge in [0.15, 0.2) is 6.61 Å². The fraction of sp³-hybridized carbons (Fsp3) is 0.793. The molecular weight excluding hydrogens is 459 g/mol. The van der Waals surface area contributed by atoms with Crippen LogP contribution in [0, 0.1) is 23.7 Å². The van der Waals surface area contributed by atoms with Crippen molar-refractivity contribution in [2.45, 2.75) is 115 Å². The van der Waals surface area contributed by atoms with E-state index in [1.165, 1.54) is 95.6 Å². The second kappa shape index (κ2) is 13.3. The largest absolute Gasteiger partial charge is 0.487 e. The van der Waals surface area contributed by atoms with Gasteiger partial charge in [0.05, 0.1) is 0 Å². The van der Waals surface area contributed by atoms with Crippen molar-refractivity contribution in [3.63, 3.8) is 0 Å². The van der Waals surface area contributed by atoms with Crippen molar-refractivity contribution in [3.8, 4) is 5.75 Å². The van der Waals surface area contributed by atoms with Crippen LogP contribution < -0.4 is 4.74 Å². The molecule has 2 saturated carbocycles. The van der Waals surface area contributed by atoms with Gasteiger partial charge in [-0.15, -0.1) is 0 Å². The van der Waals surface area contributed by atoms with Crippen molar-refractivity contribution in [2.24, 2.45) is 23.7 Å². The maximum atomic E-state index is 13.0. The third-order valence-corrected chi connectivity index (χ3v) is 8.51. The maximum Gasteiger partial charge on any atom is 0.456 e. The summed E-state index contributed by atoms with van der Waals surface area (Å²) in [5.41, 5.74) is 1.07. The van der Waals surface area contributed by atoms with Gasteiger partial charge in [-0.3, -0.25) is 0 Å². The highest BCUT2D eigenvalue weighted by molar-refractivity contribution is 5.27. The molecule has 0 radical (unpaired) electrons. The molecule has 0 saturated heterocycles. The van der Waals surface area contributed by atoms with Crippen LogP contribution >= 0.6 is 0 Å². The van der Waals surface area contributed by atoms with Gasteiger partial charge in [0.25, 0.3) is 0 Å². The zero-order valence-corrected chi connectivity index (χ0v) is 21.2. The van der Waals surface area contributed by atoms with Gasteiger partial charge in [-0.1, -0.05) is 76.8 Å². The van der Waals surface area contributed by atoms with Gasteiger partial charge in [-0.05, 0) is 79.9 Å².